The van der Waals surface area contributed by atoms with Gasteiger partial charge < -0.3 is 5.73 Å². The van der Waals surface area contributed by atoms with E-state index in [2.05, 4.69) is 0 Å². The Labute approximate surface area is 136 Å². The molecule has 0 bridgehead atoms. The van der Waals surface area contributed by atoms with Crippen molar-refractivity contribution in [3.05, 3.63) is 59.7 Å². The summed E-state index contributed by atoms with van der Waals surface area (Å²) in [4.78, 5) is 11.8. The number of rotatable bonds is 4. The summed E-state index contributed by atoms with van der Waals surface area (Å²) >= 11 is 0. The highest BCUT2D eigenvalue weighted by molar-refractivity contribution is 7.91. The Balaban J connectivity index is 2.00. The number of primary amides is 1. The van der Waals surface area contributed by atoms with Gasteiger partial charge in [0.25, 0.3) is 0 Å². The van der Waals surface area contributed by atoms with Crippen molar-refractivity contribution in [1.29, 1.82) is 0 Å². The van der Waals surface area contributed by atoms with Crippen LogP contribution in [-0.2, 0) is 21.1 Å². The van der Waals surface area contributed by atoms with Gasteiger partial charge in [-0.3, -0.25) is 4.79 Å². The molecule has 0 heterocycles. The van der Waals surface area contributed by atoms with Crippen LogP contribution < -0.4 is 5.73 Å². The summed E-state index contributed by atoms with van der Waals surface area (Å²) in [6.45, 7) is 0. The Bertz CT molecular complexity index is 829. The molecule has 2 aromatic carbocycles. The number of amides is 1. The third kappa shape index (κ3) is 3.15. The van der Waals surface area contributed by atoms with Gasteiger partial charge in [-0.1, -0.05) is 24.3 Å². The highest BCUT2D eigenvalue weighted by Crippen LogP contribution is 2.35. The third-order valence-corrected chi connectivity index (χ3v) is 6.13. The summed E-state index contributed by atoms with van der Waals surface area (Å²) in [5, 5.41) is 0. The number of sulfone groups is 1. The molecular weight excluding hydrogens is 310 g/mol. The molecular formula is C18H19NO3S. The van der Waals surface area contributed by atoms with Gasteiger partial charge in [0.15, 0.2) is 0 Å². The third-order valence-electron chi connectivity index (χ3n) is 4.36. The van der Waals surface area contributed by atoms with Crippen LogP contribution in [0.1, 0.15) is 36.3 Å². The van der Waals surface area contributed by atoms with Crippen LogP contribution >= 0.6 is 0 Å². The lowest BCUT2D eigenvalue weighted by atomic mass is 9.81. The molecule has 1 aliphatic rings. The highest BCUT2D eigenvalue weighted by atomic mass is 32.2. The Hall–Kier alpha value is -2.14. The maximum absolute atomic E-state index is 12.7. The van der Waals surface area contributed by atoms with Crippen LogP contribution in [0.2, 0.25) is 0 Å². The number of hydrogen-bond acceptors (Lipinski definition) is 3. The van der Waals surface area contributed by atoms with Gasteiger partial charge >= 0.3 is 0 Å². The van der Waals surface area contributed by atoms with Crippen LogP contribution in [-0.4, -0.2) is 14.3 Å². The van der Waals surface area contributed by atoms with Gasteiger partial charge in [0, 0.05) is 6.42 Å². The van der Waals surface area contributed by atoms with E-state index in [1.54, 1.807) is 42.5 Å². The molecule has 1 aliphatic carbocycles. The zero-order valence-corrected chi connectivity index (χ0v) is 13.6. The lowest BCUT2D eigenvalue weighted by molar-refractivity contribution is -0.118. The summed E-state index contributed by atoms with van der Waals surface area (Å²) in [7, 11) is -3.50. The highest BCUT2D eigenvalue weighted by Gasteiger charge is 2.25. The van der Waals surface area contributed by atoms with Crippen LogP contribution in [0.15, 0.2) is 58.3 Å². The molecule has 5 heteroatoms. The van der Waals surface area contributed by atoms with E-state index >= 15 is 0 Å². The molecule has 2 aromatic rings. The summed E-state index contributed by atoms with van der Waals surface area (Å²) in [6.07, 6.45) is 3.01. The van der Waals surface area contributed by atoms with Crippen molar-refractivity contribution in [2.45, 2.75) is 41.4 Å². The molecule has 3 rings (SSSR count). The van der Waals surface area contributed by atoms with E-state index < -0.39 is 9.84 Å². The van der Waals surface area contributed by atoms with Crippen LogP contribution in [0.5, 0.6) is 0 Å². The quantitative estimate of drug-likeness (QED) is 0.937. The van der Waals surface area contributed by atoms with E-state index in [4.69, 9.17) is 5.73 Å². The summed E-state index contributed by atoms with van der Waals surface area (Å²) < 4.78 is 25.4. The predicted molar refractivity (Wildman–Crippen MR) is 87.8 cm³/mol. The van der Waals surface area contributed by atoms with Crippen molar-refractivity contribution in [3.8, 4) is 0 Å². The first kappa shape index (κ1) is 15.7. The van der Waals surface area contributed by atoms with Crippen molar-refractivity contribution in [2.75, 3.05) is 0 Å². The fraction of sp³-hybridized carbons (Fsp3) is 0.278. The molecule has 0 fully saturated rings. The number of benzene rings is 2. The number of carbonyl (C=O) groups is 1. The van der Waals surface area contributed by atoms with Crippen molar-refractivity contribution in [3.63, 3.8) is 0 Å². The number of hydrogen-bond donors (Lipinski definition) is 1. The van der Waals surface area contributed by atoms with E-state index in [0.29, 0.717) is 16.2 Å². The fourth-order valence-electron chi connectivity index (χ4n) is 3.25. The van der Waals surface area contributed by atoms with E-state index in [9.17, 15) is 13.2 Å². The fourth-order valence-corrected chi connectivity index (χ4v) is 4.58. The minimum absolute atomic E-state index is 0.102. The molecule has 0 unspecified atom stereocenters. The first-order valence-electron chi connectivity index (χ1n) is 7.70. The van der Waals surface area contributed by atoms with Gasteiger partial charge in [-0.25, -0.2) is 8.42 Å². The topological polar surface area (TPSA) is 77.2 Å². The zero-order chi connectivity index (χ0) is 16.4. The standard InChI is InChI=1S/C18H19NO3S/c19-18(20)12-14-6-4-5-13-11-16(9-10-17(13)14)23(21,22)15-7-2-1-3-8-15/h1-3,7-11,14H,4-6,12H2,(H2,19,20)/t14-/m0/s1. The van der Waals surface area contributed by atoms with E-state index in [-0.39, 0.29) is 11.8 Å². The first-order valence-corrected chi connectivity index (χ1v) is 9.18. The van der Waals surface area contributed by atoms with Crippen molar-refractivity contribution < 1.29 is 13.2 Å². The van der Waals surface area contributed by atoms with Gasteiger partial charge in [0.2, 0.25) is 15.7 Å². The molecule has 2 N–H and O–H groups in total. The zero-order valence-electron chi connectivity index (χ0n) is 12.7. The SMILES string of the molecule is NC(=O)C[C@@H]1CCCc2cc(S(=O)(=O)c3ccccc3)ccc21. The molecule has 120 valence electrons. The van der Waals surface area contributed by atoms with Crippen molar-refractivity contribution >= 4 is 15.7 Å². The Morgan fingerprint density at radius 2 is 1.83 bits per heavy atom. The molecule has 0 radical (unpaired) electrons. The smallest absolute Gasteiger partial charge is 0.218 e. The molecule has 4 nitrogen and oxygen atoms in total. The molecule has 1 atom stereocenters. The molecule has 0 aliphatic heterocycles. The second-order valence-electron chi connectivity index (χ2n) is 5.94. The first-order chi connectivity index (χ1) is 11.0. The molecule has 0 spiro atoms. The lowest BCUT2D eigenvalue weighted by Gasteiger charge is -2.25. The molecule has 0 saturated heterocycles. The number of aryl methyl sites for hydroxylation is 1. The van der Waals surface area contributed by atoms with Gasteiger partial charge in [0.05, 0.1) is 9.79 Å². The van der Waals surface area contributed by atoms with E-state index in [1.165, 1.54) is 0 Å². The van der Waals surface area contributed by atoms with Crippen LogP contribution in [0.25, 0.3) is 0 Å². The summed E-state index contributed by atoms with van der Waals surface area (Å²) in [6, 6.07) is 13.7. The van der Waals surface area contributed by atoms with Gasteiger partial charge in [0.1, 0.15) is 0 Å². The van der Waals surface area contributed by atoms with Gasteiger partial charge in [-0.2, -0.15) is 0 Å². The summed E-state index contributed by atoms with van der Waals surface area (Å²) in [5.74, 6) is -0.214. The number of fused-ring (bicyclic) bond motifs is 1. The lowest BCUT2D eigenvalue weighted by Crippen LogP contribution is -2.19. The second kappa shape index (κ2) is 6.16. The van der Waals surface area contributed by atoms with E-state index in [0.717, 1.165) is 30.4 Å². The Morgan fingerprint density at radius 1 is 1.09 bits per heavy atom. The minimum atomic E-state index is -3.50. The Kier molecular flexibility index (Phi) is 4.22. The molecule has 1 amide bonds. The Morgan fingerprint density at radius 3 is 2.52 bits per heavy atom. The molecule has 0 aromatic heterocycles. The van der Waals surface area contributed by atoms with Gasteiger partial charge in [-0.05, 0) is 60.6 Å². The van der Waals surface area contributed by atoms with Crippen molar-refractivity contribution in [2.24, 2.45) is 5.73 Å². The maximum atomic E-state index is 12.7. The monoisotopic (exact) mass is 329 g/mol. The average Bonchev–Trinajstić information content (AvgIpc) is 2.55. The number of nitrogens with two attached hydrogens (primary N) is 1. The van der Waals surface area contributed by atoms with Crippen LogP contribution in [0, 0.1) is 0 Å². The summed E-state index contributed by atoms with van der Waals surface area (Å²) in [5.41, 5.74) is 7.39. The maximum Gasteiger partial charge on any atom is 0.218 e. The normalized spacial score (nSPS) is 17.5. The van der Waals surface area contributed by atoms with Crippen molar-refractivity contribution in [1.82, 2.24) is 0 Å². The predicted octanol–water partition coefficient (Wildman–Crippen LogP) is 2.81. The minimum Gasteiger partial charge on any atom is -0.370 e. The number of carbonyl (C=O) groups excluding carboxylic acids is 1. The van der Waals surface area contributed by atoms with Crippen LogP contribution in [0.4, 0.5) is 0 Å². The second-order valence-corrected chi connectivity index (χ2v) is 7.89. The average molecular weight is 329 g/mol. The largest absolute Gasteiger partial charge is 0.370 e. The van der Waals surface area contributed by atoms with Gasteiger partial charge in [-0.15, -0.1) is 0 Å². The molecule has 0 saturated carbocycles. The van der Waals surface area contributed by atoms with Crippen LogP contribution in [0.3, 0.4) is 0 Å². The van der Waals surface area contributed by atoms with E-state index in [1.807, 2.05) is 6.07 Å². The molecule has 23 heavy (non-hydrogen) atoms.